The molecule has 2 aromatic heterocycles. The monoisotopic (exact) mass is 369 g/mol. The molecule has 0 aliphatic heterocycles. The van der Waals surface area contributed by atoms with Crippen LogP contribution >= 0.6 is 0 Å². The van der Waals surface area contributed by atoms with Gasteiger partial charge in [0, 0.05) is 22.8 Å². The highest BCUT2D eigenvalue weighted by Gasteiger charge is 2.26. The van der Waals surface area contributed by atoms with Gasteiger partial charge in [-0.05, 0) is 30.7 Å². The topological polar surface area (TPSA) is 74.8 Å². The number of carbonyl (C=O) groups excluding carboxylic acids is 2. The van der Waals surface area contributed by atoms with Crippen molar-refractivity contribution >= 4 is 22.6 Å². The average molecular weight is 369 g/mol. The Morgan fingerprint density at radius 1 is 0.929 bits per heavy atom. The van der Waals surface area contributed by atoms with E-state index in [0.29, 0.717) is 17.0 Å². The van der Waals surface area contributed by atoms with Crippen LogP contribution in [0.5, 0.6) is 0 Å². The first kappa shape index (κ1) is 17.7. The van der Waals surface area contributed by atoms with Gasteiger partial charge in [0.25, 0.3) is 11.7 Å². The molecule has 0 saturated heterocycles. The highest BCUT2D eigenvalue weighted by Crippen LogP contribution is 2.24. The Hall–Kier alpha value is -3.73. The van der Waals surface area contributed by atoms with Gasteiger partial charge in [0.1, 0.15) is 0 Å². The normalized spacial score (nSPS) is 11.9. The number of carbonyl (C=O) groups is 2. The number of pyridine rings is 1. The van der Waals surface area contributed by atoms with Crippen LogP contribution in [-0.4, -0.2) is 21.7 Å². The predicted octanol–water partition coefficient (Wildman–Crippen LogP) is 3.96. The van der Waals surface area contributed by atoms with E-state index in [-0.39, 0.29) is 0 Å². The summed E-state index contributed by atoms with van der Waals surface area (Å²) >= 11 is 0. The first-order valence-corrected chi connectivity index (χ1v) is 9.03. The van der Waals surface area contributed by atoms with Crippen LogP contribution in [0, 0.1) is 6.92 Å². The summed E-state index contributed by atoms with van der Waals surface area (Å²) < 4.78 is 0. The third-order valence-electron chi connectivity index (χ3n) is 4.72. The van der Waals surface area contributed by atoms with E-state index in [1.54, 1.807) is 13.1 Å². The fourth-order valence-electron chi connectivity index (χ4n) is 3.40. The van der Waals surface area contributed by atoms with E-state index in [1.165, 1.54) is 0 Å². The summed E-state index contributed by atoms with van der Waals surface area (Å²) in [5.41, 5.74) is 3.44. The van der Waals surface area contributed by atoms with Crippen LogP contribution < -0.4 is 5.32 Å². The number of para-hydroxylation sites is 1. The van der Waals surface area contributed by atoms with Gasteiger partial charge in [0.05, 0.1) is 17.3 Å². The lowest BCUT2D eigenvalue weighted by Gasteiger charge is -2.18. The predicted molar refractivity (Wildman–Crippen MR) is 108 cm³/mol. The van der Waals surface area contributed by atoms with E-state index < -0.39 is 17.7 Å². The van der Waals surface area contributed by atoms with Crippen molar-refractivity contribution < 1.29 is 9.59 Å². The second-order valence-corrected chi connectivity index (χ2v) is 6.57. The molecule has 0 bridgehead atoms. The Balaban J connectivity index is 1.68. The van der Waals surface area contributed by atoms with Crippen LogP contribution in [0.15, 0.2) is 79.0 Å². The largest absolute Gasteiger partial charge is 0.358 e. The molecule has 5 nitrogen and oxygen atoms in total. The van der Waals surface area contributed by atoms with Gasteiger partial charge in [-0.3, -0.25) is 14.6 Å². The molecule has 0 spiro atoms. The van der Waals surface area contributed by atoms with Crippen LogP contribution in [0.2, 0.25) is 0 Å². The Morgan fingerprint density at radius 3 is 2.39 bits per heavy atom. The number of hydrogen-bond donors (Lipinski definition) is 2. The third-order valence-corrected chi connectivity index (χ3v) is 4.72. The highest BCUT2D eigenvalue weighted by atomic mass is 16.2. The summed E-state index contributed by atoms with van der Waals surface area (Å²) in [4.78, 5) is 33.4. The number of aromatic amines is 1. The quantitative estimate of drug-likeness (QED) is 0.413. The summed E-state index contributed by atoms with van der Waals surface area (Å²) in [5.74, 6) is -1.22. The molecule has 0 aliphatic carbocycles. The number of H-pyrrole nitrogens is 1. The molecule has 4 rings (SSSR count). The summed E-state index contributed by atoms with van der Waals surface area (Å²) in [6, 6.07) is 22.0. The average Bonchev–Trinajstić information content (AvgIpc) is 3.08. The number of aromatic nitrogens is 2. The van der Waals surface area contributed by atoms with E-state index in [2.05, 4.69) is 15.3 Å². The van der Waals surface area contributed by atoms with Crippen molar-refractivity contribution in [2.75, 3.05) is 0 Å². The number of nitrogens with one attached hydrogen (secondary N) is 2. The molecule has 0 radical (unpaired) electrons. The van der Waals surface area contributed by atoms with Crippen LogP contribution in [0.25, 0.3) is 10.9 Å². The molecule has 0 saturated carbocycles. The standard InChI is InChI=1S/C23H19N3O2/c1-15-20(17-11-5-6-12-18(17)25-15)22(27)23(28)26-21(16-9-3-2-4-10-16)19-13-7-8-14-24-19/h2-14,21,25H,1H3,(H,26,28)/t21-/m0/s1. The molecule has 138 valence electrons. The van der Waals surface area contributed by atoms with Crippen LogP contribution in [0.3, 0.4) is 0 Å². The van der Waals surface area contributed by atoms with Crippen molar-refractivity contribution in [2.45, 2.75) is 13.0 Å². The first-order chi connectivity index (χ1) is 13.6. The molecule has 1 amide bonds. The second kappa shape index (κ2) is 7.48. The molecule has 28 heavy (non-hydrogen) atoms. The Bertz CT molecular complexity index is 1090. The molecule has 2 aromatic carbocycles. The molecule has 0 fully saturated rings. The fourth-order valence-corrected chi connectivity index (χ4v) is 3.40. The molecule has 1 atom stereocenters. The van der Waals surface area contributed by atoms with Crippen molar-refractivity contribution in [3.8, 4) is 0 Å². The number of nitrogens with zero attached hydrogens (tertiary/aromatic N) is 1. The maximum Gasteiger partial charge on any atom is 0.293 e. The number of hydrogen-bond acceptors (Lipinski definition) is 3. The van der Waals surface area contributed by atoms with Crippen molar-refractivity contribution in [1.29, 1.82) is 0 Å². The first-order valence-electron chi connectivity index (χ1n) is 9.03. The van der Waals surface area contributed by atoms with Gasteiger partial charge in [-0.25, -0.2) is 0 Å². The lowest BCUT2D eigenvalue weighted by atomic mass is 10.0. The van der Waals surface area contributed by atoms with Crippen LogP contribution in [0.1, 0.15) is 33.4 Å². The lowest BCUT2D eigenvalue weighted by molar-refractivity contribution is -0.117. The molecular formula is C23H19N3O2. The summed E-state index contributed by atoms with van der Waals surface area (Å²) in [7, 11) is 0. The Labute approximate surface area is 162 Å². The van der Waals surface area contributed by atoms with Gasteiger partial charge in [-0.2, -0.15) is 0 Å². The summed E-state index contributed by atoms with van der Waals surface area (Å²) in [6.07, 6.45) is 1.67. The SMILES string of the molecule is Cc1[nH]c2ccccc2c1C(=O)C(=O)N[C@@H](c1ccccc1)c1ccccn1. The zero-order valence-corrected chi connectivity index (χ0v) is 15.3. The summed E-state index contributed by atoms with van der Waals surface area (Å²) in [5, 5.41) is 3.61. The molecule has 2 N–H and O–H groups in total. The van der Waals surface area contributed by atoms with Crippen molar-refractivity contribution in [3.05, 3.63) is 102 Å². The van der Waals surface area contributed by atoms with Gasteiger partial charge in [0.2, 0.25) is 0 Å². The number of rotatable bonds is 5. The molecule has 4 aromatic rings. The van der Waals surface area contributed by atoms with E-state index in [1.807, 2.05) is 72.8 Å². The van der Waals surface area contributed by atoms with Gasteiger partial charge < -0.3 is 10.3 Å². The number of amides is 1. The van der Waals surface area contributed by atoms with Gasteiger partial charge in [-0.1, -0.05) is 54.6 Å². The number of ketones is 1. The van der Waals surface area contributed by atoms with E-state index in [4.69, 9.17) is 0 Å². The molecule has 0 unspecified atom stereocenters. The maximum absolute atomic E-state index is 13.0. The zero-order chi connectivity index (χ0) is 19.5. The van der Waals surface area contributed by atoms with Crippen molar-refractivity contribution in [3.63, 3.8) is 0 Å². The number of aryl methyl sites for hydroxylation is 1. The smallest absolute Gasteiger partial charge is 0.293 e. The fraction of sp³-hybridized carbons (Fsp3) is 0.0870. The third kappa shape index (κ3) is 3.30. The summed E-state index contributed by atoms with van der Waals surface area (Å²) in [6.45, 7) is 1.80. The Kier molecular flexibility index (Phi) is 4.72. The minimum atomic E-state index is -0.660. The molecular weight excluding hydrogens is 350 g/mol. The van der Waals surface area contributed by atoms with Crippen molar-refractivity contribution in [1.82, 2.24) is 15.3 Å². The van der Waals surface area contributed by atoms with Crippen molar-refractivity contribution in [2.24, 2.45) is 0 Å². The maximum atomic E-state index is 13.0. The molecule has 5 heteroatoms. The minimum absolute atomic E-state index is 0.404. The lowest BCUT2D eigenvalue weighted by Crippen LogP contribution is -2.35. The van der Waals surface area contributed by atoms with Gasteiger partial charge >= 0.3 is 0 Å². The Morgan fingerprint density at radius 2 is 1.64 bits per heavy atom. The molecule has 0 aliphatic rings. The second-order valence-electron chi connectivity index (χ2n) is 6.57. The number of fused-ring (bicyclic) bond motifs is 1. The highest BCUT2D eigenvalue weighted by molar-refractivity contribution is 6.45. The van der Waals surface area contributed by atoms with Crippen LogP contribution in [0.4, 0.5) is 0 Å². The van der Waals surface area contributed by atoms with Gasteiger partial charge in [-0.15, -0.1) is 0 Å². The van der Waals surface area contributed by atoms with E-state index in [9.17, 15) is 9.59 Å². The minimum Gasteiger partial charge on any atom is -0.358 e. The number of Topliss-reactive ketones (excluding diaryl/α,β-unsaturated/α-hetero) is 1. The van der Waals surface area contributed by atoms with E-state index >= 15 is 0 Å². The zero-order valence-electron chi connectivity index (χ0n) is 15.3. The number of benzene rings is 2. The van der Waals surface area contributed by atoms with Gasteiger partial charge in [0.15, 0.2) is 0 Å². The van der Waals surface area contributed by atoms with E-state index in [0.717, 1.165) is 16.5 Å². The molecule has 2 heterocycles. The van der Waals surface area contributed by atoms with Crippen LogP contribution in [-0.2, 0) is 4.79 Å².